The molecule has 4 nitrogen and oxygen atoms in total. The van der Waals surface area contributed by atoms with Gasteiger partial charge in [-0.2, -0.15) is 5.10 Å². The van der Waals surface area contributed by atoms with E-state index in [4.69, 9.17) is 0 Å². The number of rotatable bonds is 3. The molecule has 1 aliphatic heterocycles. The molecule has 1 unspecified atom stereocenters. The third kappa shape index (κ3) is 2.81. The van der Waals surface area contributed by atoms with E-state index in [9.17, 15) is 13.6 Å². The normalized spacial score (nSPS) is 17.0. The van der Waals surface area contributed by atoms with Crippen LogP contribution in [0.15, 0.2) is 12.1 Å². The average molecular weight is 333 g/mol. The minimum absolute atomic E-state index is 0.00941. The Hall–Kier alpha value is -2.24. The zero-order valence-corrected chi connectivity index (χ0v) is 14.1. The molecule has 1 aromatic heterocycles. The monoisotopic (exact) mass is 333 g/mol. The van der Waals surface area contributed by atoms with E-state index in [1.165, 1.54) is 12.1 Å². The standard InChI is InChI=1S/C18H21F2N3O/c1-4-17-14-8-16(20)15(19)7-12(14)5-6-23(17)18(24)9-13-10(2)21-22-11(13)3/h7-8,17H,4-6,9H2,1-3H3,(H,21,22). The highest BCUT2D eigenvalue weighted by Gasteiger charge is 2.31. The number of aromatic nitrogens is 2. The van der Waals surface area contributed by atoms with Crippen LogP contribution in [-0.4, -0.2) is 27.5 Å². The van der Waals surface area contributed by atoms with Crippen LogP contribution >= 0.6 is 0 Å². The van der Waals surface area contributed by atoms with Crippen LogP contribution in [0.3, 0.4) is 0 Å². The first-order valence-corrected chi connectivity index (χ1v) is 8.20. The van der Waals surface area contributed by atoms with Gasteiger partial charge in [0.15, 0.2) is 11.6 Å². The zero-order valence-electron chi connectivity index (χ0n) is 14.1. The Morgan fingerprint density at radius 2 is 2.04 bits per heavy atom. The quantitative estimate of drug-likeness (QED) is 0.936. The molecule has 0 saturated heterocycles. The number of carbonyl (C=O) groups excluding carboxylic acids is 1. The van der Waals surface area contributed by atoms with Crippen LogP contribution in [0.1, 0.15) is 47.5 Å². The first kappa shape index (κ1) is 16.6. The number of hydrogen-bond acceptors (Lipinski definition) is 2. The number of carbonyl (C=O) groups is 1. The second kappa shape index (κ2) is 6.34. The summed E-state index contributed by atoms with van der Waals surface area (Å²) in [6.45, 7) is 6.23. The SMILES string of the molecule is CCC1c2cc(F)c(F)cc2CCN1C(=O)Cc1c(C)n[nH]c1C. The van der Waals surface area contributed by atoms with Gasteiger partial charge in [-0.1, -0.05) is 6.92 Å². The number of halogens is 2. The van der Waals surface area contributed by atoms with Crippen LogP contribution in [0.2, 0.25) is 0 Å². The fourth-order valence-electron chi connectivity index (χ4n) is 3.52. The molecular formula is C18H21F2N3O. The van der Waals surface area contributed by atoms with Gasteiger partial charge in [0.25, 0.3) is 0 Å². The highest BCUT2D eigenvalue weighted by molar-refractivity contribution is 5.80. The van der Waals surface area contributed by atoms with E-state index in [-0.39, 0.29) is 18.4 Å². The van der Waals surface area contributed by atoms with Crippen molar-refractivity contribution in [1.82, 2.24) is 15.1 Å². The number of benzene rings is 1. The maximum absolute atomic E-state index is 13.7. The minimum atomic E-state index is -0.858. The minimum Gasteiger partial charge on any atom is -0.335 e. The van der Waals surface area contributed by atoms with Gasteiger partial charge >= 0.3 is 0 Å². The van der Waals surface area contributed by atoms with Crippen molar-refractivity contribution in [1.29, 1.82) is 0 Å². The lowest BCUT2D eigenvalue weighted by Crippen LogP contribution is -2.41. The molecule has 2 heterocycles. The van der Waals surface area contributed by atoms with Gasteiger partial charge < -0.3 is 4.90 Å². The van der Waals surface area contributed by atoms with E-state index in [1.54, 1.807) is 4.90 Å². The highest BCUT2D eigenvalue weighted by Crippen LogP contribution is 2.34. The molecular weight excluding hydrogens is 312 g/mol. The van der Waals surface area contributed by atoms with Crippen molar-refractivity contribution < 1.29 is 13.6 Å². The smallest absolute Gasteiger partial charge is 0.227 e. The molecule has 0 bridgehead atoms. The van der Waals surface area contributed by atoms with E-state index in [0.717, 1.165) is 28.1 Å². The van der Waals surface area contributed by atoms with E-state index >= 15 is 0 Å². The summed E-state index contributed by atoms with van der Waals surface area (Å²) in [5.41, 5.74) is 4.13. The van der Waals surface area contributed by atoms with Crippen molar-refractivity contribution >= 4 is 5.91 Å². The summed E-state index contributed by atoms with van der Waals surface area (Å²) in [5, 5.41) is 7.01. The van der Waals surface area contributed by atoms with Crippen LogP contribution < -0.4 is 0 Å². The molecule has 1 aliphatic rings. The Morgan fingerprint density at radius 1 is 1.33 bits per heavy atom. The van der Waals surface area contributed by atoms with Crippen LogP contribution in [0, 0.1) is 25.5 Å². The molecule has 6 heteroatoms. The lowest BCUT2D eigenvalue weighted by Gasteiger charge is -2.37. The summed E-state index contributed by atoms with van der Waals surface area (Å²) >= 11 is 0. The van der Waals surface area contributed by atoms with Crippen molar-refractivity contribution in [2.45, 2.75) is 46.1 Å². The highest BCUT2D eigenvalue weighted by atomic mass is 19.2. The van der Waals surface area contributed by atoms with E-state index in [1.807, 2.05) is 20.8 Å². The van der Waals surface area contributed by atoms with Gasteiger partial charge in [-0.15, -0.1) is 0 Å². The van der Waals surface area contributed by atoms with Gasteiger partial charge in [-0.3, -0.25) is 9.89 Å². The summed E-state index contributed by atoms with van der Waals surface area (Å²) in [4.78, 5) is 14.6. The Labute approximate surface area is 139 Å². The Morgan fingerprint density at radius 3 is 2.67 bits per heavy atom. The number of nitrogens with one attached hydrogen (secondary N) is 1. The largest absolute Gasteiger partial charge is 0.335 e. The maximum atomic E-state index is 13.7. The third-order valence-electron chi connectivity index (χ3n) is 4.86. The van der Waals surface area contributed by atoms with E-state index in [2.05, 4.69) is 10.2 Å². The van der Waals surface area contributed by atoms with Gasteiger partial charge in [-0.25, -0.2) is 8.78 Å². The second-order valence-electron chi connectivity index (χ2n) is 6.32. The van der Waals surface area contributed by atoms with Gasteiger partial charge in [-0.05, 0) is 49.9 Å². The first-order valence-electron chi connectivity index (χ1n) is 8.20. The number of hydrogen-bond donors (Lipinski definition) is 1. The van der Waals surface area contributed by atoms with Crippen LogP contribution in [0.25, 0.3) is 0 Å². The lowest BCUT2D eigenvalue weighted by molar-refractivity contribution is -0.133. The number of amides is 1. The van der Waals surface area contributed by atoms with Crippen molar-refractivity contribution in [3.05, 3.63) is 51.8 Å². The van der Waals surface area contributed by atoms with Crippen LogP contribution in [-0.2, 0) is 17.6 Å². The molecule has 1 aromatic carbocycles. The summed E-state index contributed by atoms with van der Waals surface area (Å²) in [7, 11) is 0. The predicted octanol–water partition coefficient (Wildman–Crippen LogP) is 3.38. The van der Waals surface area contributed by atoms with Crippen LogP contribution in [0.5, 0.6) is 0 Å². The van der Waals surface area contributed by atoms with Gasteiger partial charge in [0.2, 0.25) is 5.91 Å². The number of aryl methyl sites for hydroxylation is 2. The third-order valence-corrected chi connectivity index (χ3v) is 4.86. The molecule has 1 amide bonds. The predicted molar refractivity (Wildman–Crippen MR) is 86.6 cm³/mol. The molecule has 0 saturated carbocycles. The molecule has 24 heavy (non-hydrogen) atoms. The van der Waals surface area contributed by atoms with E-state index in [0.29, 0.717) is 19.4 Å². The lowest BCUT2D eigenvalue weighted by atomic mass is 9.90. The molecule has 0 radical (unpaired) electrons. The van der Waals surface area contributed by atoms with Crippen molar-refractivity contribution in [3.8, 4) is 0 Å². The molecule has 2 aromatic rings. The van der Waals surface area contributed by atoms with E-state index < -0.39 is 11.6 Å². The Balaban J connectivity index is 1.88. The topological polar surface area (TPSA) is 49.0 Å². The fraction of sp³-hybridized carbons (Fsp3) is 0.444. The second-order valence-corrected chi connectivity index (χ2v) is 6.32. The van der Waals surface area contributed by atoms with Crippen molar-refractivity contribution in [2.24, 2.45) is 0 Å². The number of nitrogens with zero attached hydrogens (tertiary/aromatic N) is 2. The summed E-state index contributed by atoms with van der Waals surface area (Å²) in [6, 6.07) is 2.29. The molecule has 0 aliphatic carbocycles. The Bertz CT molecular complexity index is 765. The number of H-pyrrole nitrogens is 1. The maximum Gasteiger partial charge on any atom is 0.227 e. The van der Waals surface area contributed by atoms with Gasteiger partial charge in [0.05, 0.1) is 18.2 Å². The number of fused-ring (bicyclic) bond motifs is 1. The van der Waals surface area contributed by atoms with Gasteiger partial charge in [0, 0.05) is 17.8 Å². The average Bonchev–Trinajstić information content (AvgIpc) is 2.86. The molecule has 0 spiro atoms. The Kier molecular flexibility index (Phi) is 4.39. The van der Waals surface area contributed by atoms with Crippen LogP contribution in [0.4, 0.5) is 8.78 Å². The molecule has 1 N–H and O–H groups in total. The fourth-order valence-corrected chi connectivity index (χ4v) is 3.52. The molecule has 3 rings (SSSR count). The number of aromatic amines is 1. The summed E-state index contributed by atoms with van der Waals surface area (Å²) in [5.74, 6) is -1.69. The van der Waals surface area contributed by atoms with Crippen molar-refractivity contribution in [2.75, 3.05) is 6.54 Å². The summed E-state index contributed by atoms with van der Waals surface area (Å²) < 4.78 is 27.1. The molecule has 0 fully saturated rings. The zero-order chi connectivity index (χ0) is 17.4. The van der Waals surface area contributed by atoms with Crippen molar-refractivity contribution in [3.63, 3.8) is 0 Å². The summed E-state index contributed by atoms with van der Waals surface area (Å²) in [6.07, 6.45) is 1.47. The van der Waals surface area contributed by atoms with Gasteiger partial charge in [0.1, 0.15) is 0 Å². The molecule has 128 valence electrons. The first-order chi connectivity index (χ1) is 11.4. The molecule has 1 atom stereocenters.